The van der Waals surface area contributed by atoms with Crippen molar-refractivity contribution in [3.8, 4) is 0 Å². The number of carbonyl (C=O) groups is 1. The van der Waals surface area contributed by atoms with Gasteiger partial charge in [0.25, 0.3) is 0 Å². The largest absolute Gasteiger partial charge is 0.373 e. The van der Waals surface area contributed by atoms with E-state index in [2.05, 4.69) is 22.6 Å². The van der Waals surface area contributed by atoms with Gasteiger partial charge in [-0.15, -0.1) is 0 Å². The van der Waals surface area contributed by atoms with Gasteiger partial charge in [0.15, 0.2) is 0 Å². The Morgan fingerprint density at radius 3 is 3.10 bits per heavy atom. The predicted octanol–water partition coefficient (Wildman–Crippen LogP) is 1.72. The minimum absolute atomic E-state index is 0.102. The number of nitrogens with one attached hydrogen (secondary N) is 1. The quantitative estimate of drug-likeness (QED) is 0.855. The molecule has 1 fully saturated rings. The van der Waals surface area contributed by atoms with Crippen LogP contribution in [0.4, 0.5) is 0 Å². The lowest BCUT2D eigenvalue weighted by Crippen LogP contribution is -2.39. The van der Waals surface area contributed by atoms with Gasteiger partial charge in [-0.1, -0.05) is 12.2 Å². The van der Waals surface area contributed by atoms with Crippen LogP contribution in [-0.4, -0.2) is 28.3 Å². The topological polar surface area (TPSA) is 56.1 Å². The van der Waals surface area contributed by atoms with Crippen molar-refractivity contribution in [2.24, 2.45) is 13.0 Å². The van der Waals surface area contributed by atoms with Gasteiger partial charge in [0.2, 0.25) is 5.91 Å². The summed E-state index contributed by atoms with van der Waals surface area (Å²) < 4.78 is 7.49. The highest BCUT2D eigenvalue weighted by Gasteiger charge is 2.36. The van der Waals surface area contributed by atoms with E-state index in [1.54, 1.807) is 10.9 Å². The van der Waals surface area contributed by atoms with Crippen LogP contribution in [0.2, 0.25) is 0 Å². The molecule has 0 saturated carbocycles. The molecule has 0 aromatic carbocycles. The van der Waals surface area contributed by atoms with E-state index in [4.69, 9.17) is 4.74 Å². The number of hydrogen-bond acceptors (Lipinski definition) is 3. The van der Waals surface area contributed by atoms with E-state index in [1.165, 1.54) is 0 Å². The first-order valence-corrected chi connectivity index (χ1v) is 7.31. The first-order valence-electron chi connectivity index (χ1n) is 7.31. The maximum atomic E-state index is 12.5. The Balaban J connectivity index is 1.67. The van der Waals surface area contributed by atoms with Crippen LogP contribution >= 0.6 is 0 Å². The van der Waals surface area contributed by atoms with E-state index in [-0.39, 0.29) is 24.0 Å². The van der Waals surface area contributed by atoms with Crippen LogP contribution in [0, 0.1) is 5.92 Å². The molecule has 2 aliphatic rings. The fourth-order valence-electron chi connectivity index (χ4n) is 3.00. The number of amides is 1. The molecule has 1 aliphatic heterocycles. The Morgan fingerprint density at radius 1 is 1.50 bits per heavy atom. The average Bonchev–Trinajstić information content (AvgIpc) is 3.08. The van der Waals surface area contributed by atoms with Crippen molar-refractivity contribution in [3.63, 3.8) is 0 Å². The third-order valence-electron chi connectivity index (χ3n) is 4.06. The van der Waals surface area contributed by atoms with Crippen LogP contribution in [-0.2, 0) is 16.6 Å². The van der Waals surface area contributed by atoms with E-state index in [1.807, 2.05) is 13.2 Å². The fourth-order valence-corrected chi connectivity index (χ4v) is 3.00. The number of carbonyl (C=O) groups excluding carboxylic acids is 1. The Bertz CT molecular complexity index is 509. The van der Waals surface area contributed by atoms with E-state index < -0.39 is 0 Å². The van der Waals surface area contributed by atoms with Gasteiger partial charge in [0.1, 0.15) is 0 Å². The van der Waals surface area contributed by atoms with Gasteiger partial charge in [0, 0.05) is 31.5 Å². The van der Waals surface area contributed by atoms with Gasteiger partial charge < -0.3 is 10.1 Å². The number of rotatable bonds is 3. The zero-order valence-electron chi connectivity index (χ0n) is 11.8. The molecule has 108 valence electrons. The summed E-state index contributed by atoms with van der Waals surface area (Å²) in [5, 5.41) is 7.30. The Kier molecular flexibility index (Phi) is 3.87. The number of aryl methyl sites for hydroxylation is 1. The smallest absolute Gasteiger partial charge is 0.226 e. The first kappa shape index (κ1) is 13.4. The molecule has 0 radical (unpaired) electrons. The predicted molar refractivity (Wildman–Crippen MR) is 74.9 cm³/mol. The highest BCUT2D eigenvalue weighted by atomic mass is 16.5. The Morgan fingerprint density at radius 2 is 2.40 bits per heavy atom. The summed E-state index contributed by atoms with van der Waals surface area (Å²) in [6.45, 7) is 0.637. The van der Waals surface area contributed by atoms with Gasteiger partial charge >= 0.3 is 0 Å². The second-order valence-corrected chi connectivity index (χ2v) is 5.61. The minimum Gasteiger partial charge on any atom is -0.373 e. The standard InChI is InChI=1S/C15H21N3O2/c1-18-10-11(9-16-18)14-13(7-8-20-14)15(19)17-12-5-3-2-4-6-12/h3,5,9-10,12-14H,2,4,6-8H2,1H3,(H,17,19)/t12-,13-,14+/m0/s1. The lowest BCUT2D eigenvalue weighted by molar-refractivity contribution is -0.127. The van der Waals surface area contributed by atoms with E-state index in [0.717, 1.165) is 31.2 Å². The molecule has 1 N–H and O–H groups in total. The number of aromatic nitrogens is 2. The number of allylic oxidation sites excluding steroid dienone is 1. The molecular weight excluding hydrogens is 254 g/mol. The number of ether oxygens (including phenoxy) is 1. The van der Waals surface area contributed by atoms with Crippen LogP contribution in [0.3, 0.4) is 0 Å². The van der Waals surface area contributed by atoms with Crippen molar-refractivity contribution in [2.45, 2.75) is 37.8 Å². The van der Waals surface area contributed by atoms with Gasteiger partial charge in [-0.05, 0) is 25.7 Å². The molecule has 2 heterocycles. The Labute approximate surface area is 119 Å². The third-order valence-corrected chi connectivity index (χ3v) is 4.06. The van der Waals surface area contributed by atoms with Crippen molar-refractivity contribution in [2.75, 3.05) is 6.61 Å². The zero-order chi connectivity index (χ0) is 13.9. The summed E-state index contributed by atoms with van der Waals surface area (Å²) in [4.78, 5) is 12.5. The highest BCUT2D eigenvalue weighted by Crippen LogP contribution is 2.34. The molecule has 0 spiro atoms. The summed E-state index contributed by atoms with van der Waals surface area (Å²) in [5.74, 6) is 0.00225. The number of nitrogens with zero attached hydrogens (tertiary/aromatic N) is 2. The summed E-state index contributed by atoms with van der Waals surface area (Å²) in [6.07, 6.45) is 11.9. The molecule has 3 rings (SSSR count). The molecule has 0 bridgehead atoms. The van der Waals surface area contributed by atoms with Crippen LogP contribution in [0.1, 0.15) is 37.4 Å². The molecule has 1 aliphatic carbocycles. The second kappa shape index (κ2) is 5.79. The molecule has 5 heteroatoms. The van der Waals surface area contributed by atoms with Crippen LogP contribution in [0.5, 0.6) is 0 Å². The average molecular weight is 275 g/mol. The van der Waals surface area contributed by atoms with Crippen molar-refractivity contribution in [1.29, 1.82) is 0 Å². The van der Waals surface area contributed by atoms with Gasteiger partial charge in [-0.3, -0.25) is 9.48 Å². The van der Waals surface area contributed by atoms with Crippen molar-refractivity contribution < 1.29 is 9.53 Å². The normalized spacial score (nSPS) is 29.6. The summed E-state index contributed by atoms with van der Waals surface area (Å²) in [5.41, 5.74) is 0.990. The number of hydrogen-bond donors (Lipinski definition) is 1. The molecule has 3 atom stereocenters. The molecule has 1 amide bonds. The van der Waals surface area contributed by atoms with Gasteiger partial charge in [-0.25, -0.2) is 0 Å². The lowest BCUT2D eigenvalue weighted by atomic mass is 9.95. The maximum absolute atomic E-state index is 12.5. The third kappa shape index (κ3) is 2.77. The van der Waals surface area contributed by atoms with Crippen LogP contribution in [0.25, 0.3) is 0 Å². The van der Waals surface area contributed by atoms with Crippen molar-refractivity contribution in [1.82, 2.24) is 15.1 Å². The van der Waals surface area contributed by atoms with Gasteiger partial charge in [-0.2, -0.15) is 5.10 Å². The summed E-state index contributed by atoms with van der Waals surface area (Å²) in [7, 11) is 1.88. The summed E-state index contributed by atoms with van der Waals surface area (Å²) >= 11 is 0. The fraction of sp³-hybridized carbons (Fsp3) is 0.600. The molecular formula is C15H21N3O2. The SMILES string of the molecule is Cn1cc([C@H]2OCC[C@@H]2C(=O)N[C@H]2C=CCCC2)cn1. The van der Waals surface area contributed by atoms with E-state index >= 15 is 0 Å². The molecule has 1 aromatic heterocycles. The lowest BCUT2D eigenvalue weighted by Gasteiger charge is -2.22. The highest BCUT2D eigenvalue weighted by molar-refractivity contribution is 5.80. The monoisotopic (exact) mass is 275 g/mol. The van der Waals surface area contributed by atoms with Crippen molar-refractivity contribution >= 4 is 5.91 Å². The molecule has 20 heavy (non-hydrogen) atoms. The molecule has 1 aromatic rings. The van der Waals surface area contributed by atoms with Crippen LogP contribution < -0.4 is 5.32 Å². The second-order valence-electron chi connectivity index (χ2n) is 5.61. The minimum atomic E-state index is -0.156. The van der Waals surface area contributed by atoms with E-state index in [0.29, 0.717) is 6.61 Å². The van der Waals surface area contributed by atoms with Crippen LogP contribution in [0.15, 0.2) is 24.5 Å². The molecule has 1 saturated heterocycles. The Hall–Kier alpha value is -1.62. The zero-order valence-corrected chi connectivity index (χ0v) is 11.8. The molecule has 0 unspecified atom stereocenters. The van der Waals surface area contributed by atoms with Crippen molar-refractivity contribution in [3.05, 3.63) is 30.1 Å². The summed E-state index contributed by atoms with van der Waals surface area (Å²) in [6, 6.07) is 0.186. The maximum Gasteiger partial charge on any atom is 0.226 e. The first-order chi connectivity index (χ1) is 9.74. The molecule has 5 nitrogen and oxygen atoms in total. The van der Waals surface area contributed by atoms with E-state index in [9.17, 15) is 4.79 Å². The van der Waals surface area contributed by atoms with Gasteiger partial charge in [0.05, 0.1) is 18.2 Å².